The highest BCUT2D eigenvalue weighted by molar-refractivity contribution is 7.97. The fraction of sp³-hybridized carbons (Fsp3) is 0.567. The summed E-state index contributed by atoms with van der Waals surface area (Å²) in [6, 6.07) is 4.53. The summed E-state index contributed by atoms with van der Waals surface area (Å²) in [5, 5.41) is 0. The lowest BCUT2D eigenvalue weighted by molar-refractivity contribution is 0.0643. The van der Waals surface area contributed by atoms with Crippen LogP contribution in [0.3, 0.4) is 0 Å². The number of hydrogen-bond acceptors (Lipinski definition) is 9. The molecule has 3 N–H and O–H groups in total. The standard InChI is InChI=1S/C20H33N5O3.C6H4F2.C4H8OS/c1-15(2)28-20(26)24-8-5-16(6-9-24)4-3-11-27-18-12-22-19(23-13-18)25-10-7-17(21)14-25;7-5-1-2-6(8)4-3-5;1-3-4(2)6-5/h12-13,15-17H,3-11,14,21H2,1-2H3;1-4H;3,5H,1-2H3/b;;4-3+. The van der Waals surface area contributed by atoms with Gasteiger partial charge in [-0.1, -0.05) is 6.08 Å². The molecule has 42 heavy (non-hydrogen) atoms. The molecule has 1 unspecified atom stereocenters. The van der Waals surface area contributed by atoms with Gasteiger partial charge in [0.2, 0.25) is 5.95 Å². The van der Waals surface area contributed by atoms with Crippen LogP contribution in [0, 0.1) is 17.6 Å². The van der Waals surface area contributed by atoms with Gasteiger partial charge in [-0.3, -0.25) is 0 Å². The van der Waals surface area contributed by atoms with Gasteiger partial charge in [-0.05, 0) is 90.0 Å². The highest BCUT2D eigenvalue weighted by Crippen LogP contribution is 2.23. The Balaban J connectivity index is 0.000000361. The summed E-state index contributed by atoms with van der Waals surface area (Å²) < 4.78 is 43.1. The Morgan fingerprint density at radius 2 is 1.71 bits per heavy atom. The summed E-state index contributed by atoms with van der Waals surface area (Å²) >= 11 is 0.786. The Morgan fingerprint density at radius 1 is 1.12 bits per heavy atom. The van der Waals surface area contributed by atoms with E-state index in [2.05, 4.69) is 14.9 Å². The van der Waals surface area contributed by atoms with Crippen LogP contribution < -0.4 is 15.4 Å². The zero-order valence-electron chi connectivity index (χ0n) is 25.0. The van der Waals surface area contributed by atoms with Gasteiger partial charge in [0.05, 0.1) is 25.1 Å². The number of carbonyl (C=O) groups excluding carboxylic acids is 1. The van der Waals surface area contributed by atoms with Crippen molar-refractivity contribution in [2.75, 3.05) is 37.7 Å². The van der Waals surface area contributed by atoms with Crippen LogP contribution >= 0.6 is 12.0 Å². The Morgan fingerprint density at radius 3 is 2.17 bits per heavy atom. The third-order valence-electron chi connectivity index (χ3n) is 6.71. The highest BCUT2D eigenvalue weighted by Gasteiger charge is 2.24. The fourth-order valence-corrected chi connectivity index (χ4v) is 4.35. The van der Waals surface area contributed by atoms with E-state index in [0.29, 0.717) is 18.3 Å². The molecule has 234 valence electrons. The SMILES string of the molecule is C/C=C(\C)SO.CC(C)OC(=O)N1CCC(CCCOc2cnc(N3CCC(N)C3)nc2)CC1.Fc1ccc(F)cc1. The first kappa shape index (κ1) is 35.2. The molecule has 1 aromatic carbocycles. The zero-order valence-corrected chi connectivity index (χ0v) is 25.9. The number of aromatic nitrogens is 2. The molecule has 2 fully saturated rings. The molecular formula is C30H45F2N5O4S. The number of amides is 1. The van der Waals surface area contributed by atoms with Crippen molar-refractivity contribution < 1.29 is 27.6 Å². The lowest BCUT2D eigenvalue weighted by Gasteiger charge is -2.31. The van der Waals surface area contributed by atoms with Crippen molar-refractivity contribution in [1.29, 1.82) is 0 Å². The summed E-state index contributed by atoms with van der Waals surface area (Å²) in [5.74, 6) is 1.25. The lowest BCUT2D eigenvalue weighted by Crippen LogP contribution is -2.39. The average Bonchev–Trinajstić information content (AvgIpc) is 3.43. The summed E-state index contributed by atoms with van der Waals surface area (Å²) in [6.07, 6.45) is 10.2. The van der Waals surface area contributed by atoms with E-state index in [4.69, 9.17) is 19.8 Å². The lowest BCUT2D eigenvalue weighted by atomic mass is 9.92. The van der Waals surface area contributed by atoms with Crippen molar-refractivity contribution in [2.24, 2.45) is 11.7 Å². The average molecular weight is 610 g/mol. The molecule has 0 saturated carbocycles. The third kappa shape index (κ3) is 13.8. The van der Waals surface area contributed by atoms with E-state index >= 15 is 0 Å². The molecule has 3 heterocycles. The molecule has 2 aliphatic heterocycles. The van der Waals surface area contributed by atoms with Crippen molar-refractivity contribution in [3.63, 3.8) is 0 Å². The Kier molecular flexibility index (Phi) is 16.2. The number of rotatable bonds is 8. The summed E-state index contributed by atoms with van der Waals surface area (Å²) in [4.78, 5) is 25.6. The van der Waals surface area contributed by atoms with Crippen LogP contribution in [0.25, 0.3) is 0 Å². The van der Waals surface area contributed by atoms with Gasteiger partial charge in [0.1, 0.15) is 11.6 Å². The minimum absolute atomic E-state index is 0.0617. The number of allylic oxidation sites excluding steroid dienone is 2. The first-order chi connectivity index (χ1) is 20.1. The van der Waals surface area contributed by atoms with Gasteiger partial charge in [0, 0.05) is 49.2 Å². The minimum atomic E-state index is -0.411. The van der Waals surface area contributed by atoms with Gasteiger partial charge in [-0.25, -0.2) is 23.5 Å². The fourth-order valence-electron chi connectivity index (χ4n) is 4.24. The van der Waals surface area contributed by atoms with Crippen LogP contribution in [-0.2, 0) is 4.74 Å². The number of hydrogen-bond donors (Lipinski definition) is 2. The van der Waals surface area contributed by atoms with Crippen LogP contribution in [0.1, 0.15) is 59.8 Å². The number of nitrogens with two attached hydrogens (primary N) is 1. The maximum atomic E-state index is 11.9. The quantitative estimate of drug-likeness (QED) is 0.255. The largest absolute Gasteiger partial charge is 0.490 e. The number of benzene rings is 1. The van der Waals surface area contributed by atoms with Crippen LogP contribution in [0.2, 0.25) is 0 Å². The van der Waals surface area contributed by atoms with Crippen molar-refractivity contribution >= 4 is 24.1 Å². The van der Waals surface area contributed by atoms with E-state index in [1.54, 1.807) is 12.4 Å². The first-order valence-electron chi connectivity index (χ1n) is 14.4. The predicted octanol–water partition coefficient (Wildman–Crippen LogP) is 6.51. The number of halogens is 2. The molecule has 9 nitrogen and oxygen atoms in total. The third-order valence-corrected chi connectivity index (χ3v) is 7.23. The second-order valence-electron chi connectivity index (χ2n) is 10.5. The van der Waals surface area contributed by atoms with Gasteiger partial charge in [-0.15, -0.1) is 0 Å². The van der Waals surface area contributed by atoms with Crippen LogP contribution in [-0.4, -0.2) is 70.4 Å². The van der Waals surface area contributed by atoms with E-state index in [-0.39, 0.29) is 18.2 Å². The molecule has 12 heteroatoms. The molecule has 0 spiro atoms. The van der Waals surface area contributed by atoms with E-state index in [1.165, 1.54) is 0 Å². The van der Waals surface area contributed by atoms with Crippen LogP contribution in [0.15, 0.2) is 47.6 Å². The number of likely N-dealkylation sites (tertiary alicyclic amines) is 1. The molecule has 2 aromatic rings. The maximum absolute atomic E-state index is 11.9. The Labute approximate surface area is 252 Å². The summed E-state index contributed by atoms with van der Waals surface area (Å²) in [6.45, 7) is 11.5. The van der Waals surface area contributed by atoms with E-state index in [9.17, 15) is 13.6 Å². The predicted molar refractivity (Wildman–Crippen MR) is 163 cm³/mol. The minimum Gasteiger partial charge on any atom is -0.490 e. The van der Waals surface area contributed by atoms with E-state index in [0.717, 1.165) is 105 Å². The zero-order chi connectivity index (χ0) is 30.9. The highest BCUT2D eigenvalue weighted by atomic mass is 32.2. The molecule has 1 aromatic heterocycles. The number of carbonyl (C=O) groups is 1. The summed E-state index contributed by atoms with van der Waals surface area (Å²) in [7, 11) is 0. The molecule has 1 atom stereocenters. The van der Waals surface area contributed by atoms with Crippen LogP contribution in [0.4, 0.5) is 19.5 Å². The Bertz CT molecular complexity index is 1050. The monoisotopic (exact) mass is 609 g/mol. The molecular weight excluding hydrogens is 564 g/mol. The van der Waals surface area contributed by atoms with Crippen molar-refractivity contribution in [2.45, 2.75) is 71.9 Å². The van der Waals surface area contributed by atoms with E-state index < -0.39 is 11.6 Å². The normalized spacial score (nSPS) is 17.3. The number of ether oxygens (including phenoxy) is 2. The van der Waals surface area contributed by atoms with Gasteiger partial charge < -0.3 is 29.6 Å². The topological polar surface area (TPSA) is 114 Å². The van der Waals surface area contributed by atoms with Gasteiger partial charge in [-0.2, -0.15) is 0 Å². The second-order valence-corrected chi connectivity index (χ2v) is 11.3. The number of piperidine rings is 1. The van der Waals surface area contributed by atoms with Crippen molar-refractivity contribution in [3.8, 4) is 5.75 Å². The first-order valence-corrected chi connectivity index (χ1v) is 15.1. The smallest absolute Gasteiger partial charge is 0.410 e. The molecule has 0 radical (unpaired) electrons. The maximum Gasteiger partial charge on any atom is 0.410 e. The van der Waals surface area contributed by atoms with Crippen molar-refractivity contribution in [3.05, 3.63) is 59.3 Å². The molecule has 0 bridgehead atoms. The number of anilines is 1. The van der Waals surface area contributed by atoms with Gasteiger partial charge >= 0.3 is 6.09 Å². The van der Waals surface area contributed by atoms with Gasteiger partial charge in [0.15, 0.2) is 5.75 Å². The molecule has 2 saturated heterocycles. The molecule has 1 amide bonds. The molecule has 4 rings (SSSR count). The van der Waals surface area contributed by atoms with Gasteiger partial charge in [0.25, 0.3) is 0 Å². The Hall–Kier alpha value is -2.96. The molecule has 2 aliphatic rings. The van der Waals surface area contributed by atoms with E-state index in [1.807, 2.05) is 38.7 Å². The second kappa shape index (κ2) is 19.3. The summed E-state index contributed by atoms with van der Waals surface area (Å²) in [5.41, 5.74) is 5.93. The van der Waals surface area contributed by atoms with Crippen molar-refractivity contribution in [1.82, 2.24) is 14.9 Å². The van der Waals surface area contributed by atoms with Crippen LogP contribution in [0.5, 0.6) is 5.75 Å². The molecule has 0 aliphatic carbocycles. The number of nitrogens with zero attached hydrogens (tertiary/aromatic N) is 4.